The summed E-state index contributed by atoms with van der Waals surface area (Å²) in [7, 11) is -4.04. The second kappa shape index (κ2) is 6.20. The van der Waals surface area contributed by atoms with Gasteiger partial charge in [-0.15, -0.1) is 0 Å². The van der Waals surface area contributed by atoms with Crippen LogP contribution in [0.2, 0.25) is 0 Å². The summed E-state index contributed by atoms with van der Waals surface area (Å²) in [6, 6.07) is 8.37. The van der Waals surface area contributed by atoms with Crippen molar-refractivity contribution in [3.05, 3.63) is 66.6 Å². The molecule has 2 heterocycles. The Morgan fingerprint density at radius 1 is 1.04 bits per heavy atom. The molecule has 0 unspecified atom stereocenters. The molecule has 0 saturated carbocycles. The first-order chi connectivity index (χ1) is 11.8. The maximum atomic E-state index is 12.5. The van der Waals surface area contributed by atoms with E-state index in [9.17, 15) is 21.6 Å². The number of anilines is 1. The van der Waals surface area contributed by atoms with Gasteiger partial charge in [0.2, 0.25) is 0 Å². The zero-order chi connectivity index (χ0) is 18.1. The summed E-state index contributed by atoms with van der Waals surface area (Å²) in [4.78, 5) is 3.78. The van der Waals surface area contributed by atoms with Crippen LogP contribution in [0.5, 0.6) is 0 Å². The molecule has 0 atom stereocenters. The van der Waals surface area contributed by atoms with E-state index in [1.807, 2.05) is 0 Å². The van der Waals surface area contributed by atoms with Gasteiger partial charge in [-0.05, 0) is 36.4 Å². The molecule has 0 amide bonds. The predicted molar refractivity (Wildman–Crippen MR) is 83.6 cm³/mol. The standard InChI is InChI=1S/C15H11F3N4O2S/c16-15(17,18)11-4-6-13(7-5-11)25(23,24)21-12-9-20-22(10-12)14-3-1-2-8-19-14/h1-10,21H. The molecule has 0 fully saturated rings. The Kier molecular flexibility index (Phi) is 4.21. The van der Waals surface area contributed by atoms with Crippen LogP contribution >= 0.6 is 0 Å². The fourth-order valence-electron chi connectivity index (χ4n) is 2.03. The topological polar surface area (TPSA) is 76.9 Å². The summed E-state index contributed by atoms with van der Waals surface area (Å²) in [5.74, 6) is 0.488. The number of alkyl halides is 3. The number of nitrogens with zero attached hydrogens (tertiary/aromatic N) is 3. The zero-order valence-electron chi connectivity index (χ0n) is 12.5. The van der Waals surface area contributed by atoms with Crippen LogP contribution in [0, 0.1) is 0 Å². The molecule has 2 aromatic heterocycles. The first-order valence-corrected chi connectivity index (χ1v) is 8.40. The molecule has 0 aliphatic heterocycles. The van der Waals surface area contributed by atoms with Gasteiger partial charge in [0.25, 0.3) is 10.0 Å². The lowest BCUT2D eigenvalue weighted by Gasteiger charge is -2.09. The number of rotatable bonds is 4. The molecule has 0 bridgehead atoms. The summed E-state index contributed by atoms with van der Waals surface area (Å²) in [6.45, 7) is 0. The molecule has 0 radical (unpaired) electrons. The first kappa shape index (κ1) is 17.0. The quantitative estimate of drug-likeness (QED) is 0.768. The highest BCUT2D eigenvalue weighted by molar-refractivity contribution is 7.92. The summed E-state index contributed by atoms with van der Waals surface area (Å²) < 4.78 is 65.8. The van der Waals surface area contributed by atoms with Crippen molar-refractivity contribution in [2.45, 2.75) is 11.1 Å². The van der Waals surface area contributed by atoms with Gasteiger partial charge in [-0.2, -0.15) is 18.3 Å². The summed E-state index contributed by atoms with van der Waals surface area (Å²) in [5.41, 5.74) is -0.764. The summed E-state index contributed by atoms with van der Waals surface area (Å²) in [5, 5.41) is 3.99. The number of benzene rings is 1. The van der Waals surface area contributed by atoms with Gasteiger partial charge >= 0.3 is 6.18 Å². The van der Waals surface area contributed by atoms with E-state index >= 15 is 0 Å². The Bertz CT molecular complexity index is 968. The normalized spacial score (nSPS) is 12.1. The average molecular weight is 368 g/mol. The van der Waals surface area contributed by atoms with Gasteiger partial charge in [-0.3, -0.25) is 4.72 Å². The van der Waals surface area contributed by atoms with Crippen LogP contribution in [0.15, 0.2) is 66.0 Å². The fraction of sp³-hybridized carbons (Fsp3) is 0.0667. The highest BCUT2D eigenvalue weighted by atomic mass is 32.2. The van der Waals surface area contributed by atoms with E-state index < -0.39 is 21.8 Å². The van der Waals surface area contributed by atoms with Crippen molar-refractivity contribution in [1.82, 2.24) is 14.8 Å². The van der Waals surface area contributed by atoms with Crippen molar-refractivity contribution in [2.75, 3.05) is 4.72 Å². The monoisotopic (exact) mass is 368 g/mol. The van der Waals surface area contributed by atoms with E-state index in [-0.39, 0.29) is 10.6 Å². The molecule has 0 saturated heterocycles. The fourth-order valence-corrected chi connectivity index (χ4v) is 3.06. The molecule has 0 aliphatic carbocycles. The third kappa shape index (κ3) is 3.79. The number of halogens is 3. The van der Waals surface area contributed by atoms with Crippen LogP contribution in [-0.2, 0) is 16.2 Å². The van der Waals surface area contributed by atoms with Gasteiger partial charge in [0.1, 0.15) is 0 Å². The van der Waals surface area contributed by atoms with Gasteiger partial charge in [-0.1, -0.05) is 6.07 Å². The Hall–Kier alpha value is -2.88. The summed E-state index contributed by atoms with van der Waals surface area (Å²) >= 11 is 0. The minimum absolute atomic E-state index is 0.158. The third-order valence-electron chi connectivity index (χ3n) is 3.21. The number of pyridine rings is 1. The second-order valence-electron chi connectivity index (χ2n) is 4.99. The molecule has 0 aliphatic rings. The van der Waals surface area contributed by atoms with Crippen molar-refractivity contribution >= 4 is 15.7 Å². The summed E-state index contributed by atoms with van der Waals surface area (Å²) in [6.07, 6.45) is -0.289. The van der Waals surface area contributed by atoms with Crippen LogP contribution < -0.4 is 4.72 Å². The average Bonchev–Trinajstić information content (AvgIpc) is 3.03. The van der Waals surface area contributed by atoms with Gasteiger partial charge in [0.05, 0.1) is 28.5 Å². The maximum Gasteiger partial charge on any atom is 0.416 e. The zero-order valence-corrected chi connectivity index (χ0v) is 13.3. The van der Waals surface area contributed by atoms with E-state index in [1.165, 1.54) is 17.1 Å². The largest absolute Gasteiger partial charge is 0.416 e. The van der Waals surface area contributed by atoms with Crippen molar-refractivity contribution in [3.63, 3.8) is 0 Å². The molecule has 0 spiro atoms. The molecular weight excluding hydrogens is 357 g/mol. The Labute approximate surface area is 141 Å². The molecule has 3 aromatic rings. The number of hydrogen-bond acceptors (Lipinski definition) is 4. The SMILES string of the molecule is O=S(=O)(Nc1cnn(-c2ccccn2)c1)c1ccc(C(F)(F)F)cc1. The van der Waals surface area contributed by atoms with E-state index in [4.69, 9.17) is 0 Å². The molecule has 25 heavy (non-hydrogen) atoms. The van der Waals surface area contributed by atoms with E-state index in [0.717, 1.165) is 12.1 Å². The van der Waals surface area contributed by atoms with Gasteiger partial charge in [-0.25, -0.2) is 18.1 Å². The lowest BCUT2D eigenvalue weighted by molar-refractivity contribution is -0.137. The molecule has 10 heteroatoms. The Morgan fingerprint density at radius 3 is 2.36 bits per heavy atom. The Balaban J connectivity index is 1.81. The highest BCUT2D eigenvalue weighted by Gasteiger charge is 2.30. The highest BCUT2D eigenvalue weighted by Crippen LogP contribution is 2.30. The van der Waals surface area contributed by atoms with Crippen LogP contribution in [-0.4, -0.2) is 23.2 Å². The van der Waals surface area contributed by atoms with Crippen LogP contribution in [0.4, 0.5) is 18.9 Å². The lowest BCUT2D eigenvalue weighted by atomic mass is 10.2. The molecule has 1 aromatic carbocycles. The number of sulfonamides is 1. The predicted octanol–water partition coefficient (Wildman–Crippen LogP) is 3.09. The Morgan fingerprint density at radius 2 is 1.76 bits per heavy atom. The third-order valence-corrected chi connectivity index (χ3v) is 4.61. The molecular formula is C15H11F3N4O2S. The number of hydrogen-bond donors (Lipinski definition) is 1. The van der Waals surface area contributed by atoms with Crippen LogP contribution in [0.1, 0.15) is 5.56 Å². The van der Waals surface area contributed by atoms with Gasteiger partial charge in [0.15, 0.2) is 5.82 Å². The van der Waals surface area contributed by atoms with Gasteiger partial charge in [0, 0.05) is 6.20 Å². The molecule has 3 rings (SSSR count). The lowest BCUT2D eigenvalue weighted by Crippen LogP contribution is -2.13. The molecule has 1 N–H and O–H groups in total. The second-order valence-corrected chi connectivity index (χ2v) is 6.67. The van der Waals surface area contributed by atoms with Crippen molar-refractivity contribution in [3.8, 4) is 5.82 Å². The van der Waals surface area contributed by atoms with Crippen molar-refractivity contribution in [2.24, 2.45) is 0 Å². The minimum atomic E-state index is -4.53. The van der Waals surface area contributed by atoms with Gasteiger partial charge < -0.3 is 0 Å². The van der Waals surface area contributed by atoms with Crippen molar-refractivity contribution in [1.29, 1.82) is 0 Å². The molecule has 6 nitrogen and oxygen atoms in total. The molecule has 130 valence electrons. The first-order valence-electron chi connectivity index (χ1n) is 6.92. The number of aromatic nitrogens is 3. The van der Waals surface area contributed by atoms with Crippen molar-refractivity contribution < 1.29 is 21.6 Å². The number of nitrogens with one attached hydrogen (secondary N) is 1. The van der Waals surface area contributed by atoms with E-state index in [1.54, 1.807) is 24.4 Å². The van der Waals surface area contributed by atoms with E-state index in [0.29, 0.717) is 18.0 Å². The maximum absolute atomic E-state index is 12.5. The van der Waals surface area contributed by atoms with E-state index in [2.05, 4.69) is 14.8 Å². The van der Waals surface area contributed by atoms with Crippen LogP contribution in [0.25, 0.3) is 5.82 Å². The smallest absolute Gasteiger partial charge is 0.276 e. The minimum Gasteiger partial charge on any atom is -0.276 e. The van der Waals surface area contributed by atoms with Crippen LogP contribution in [0.3, 0.4) is 0 Å².